The molecule has 0 saturated carbocycles. The molecule has 3 aromatic rings. The Kier molecular flexibility index (Phi) is 8.73. The van der Waals surface area contributed by atoms with Crippen molar-refractivity contribution in [2.45, 2.75) is 25.0 Å². The van der Waals surface area contributed by atoms with Gasteiger partial charge >= 0.3 is 5.97 Å². The van der Waals surface area contributed by atoms with E-state index in [0.29, 0.717) is 16.9 Å². The lowest BCUT2D eigenvalue weighted by atomic mass is 10.0. The molecule has 3 aromatic carbocycles. The first-order valence-electron chi connectivity index (χ1n) is 12.4. The monoisotopic (exact) mass is 551 g/mol. The minimum Gasteiger partial charge on any atom is -0.497 e. The van der Waals surface area contributed by atoms with Crippen molar-refractivity contribution in [2.24, 2.45) is 0 Å². The smallest absolute Gasteiger partial charge is 0.305 e. The third-order valence-electron chi connectivity index (χ3n) is 6.56. The van der Waals surface area contributed by atoms with Crippen molar-refractivity contribution < 1.29 is 37.8 Å². The van der Waals surface area contributed by atoms with Crippen molar-refractivity contribution in [2.75, 3.05) is 20.2 Å². The van der Waals surface area contributed by atoms with Crippen LogP contribution in [0.15, 0.2) is 72.8 Å². The number of ether oxygens (including phenoxy) is 1. The molecule has 9 nitrogen and oxygen atoms in total. The fourth-order valence-electron chi connectivity index (χ4n) is 4.53. The standard InChI is InChI=1S/C29H27F2N3O6/c1-40-23-12-2-18(3-13-23)16-25(35)33-14-15-34(29(39)20-6-10-22(31)11-7-20)28(33)27(38)32-24(17-26(36)37)19-4-8-21(30)9-5-19/h2-13,24,28H,14-17H2,1H3,(H,32,38)(H,36,37). The van der Waals surface area contributed by atoms with E-state index in [-0.39, 0.29) is 25.1 Å². The highest BCUT2D eigenvalue weighted by atomic mass is 19.1. The molecule has 1 fully saturated rings. The molecular weight excluding hydrogens is 524 g/mol. The molecule has 40 heavy (non-hydrogen) atoms. The lowest BCUT2D eigenvalue weighted by molar-refractivity contribution is -0.142. The summed E-state index contributed by atoms with van der Waals surface area (Å²) < 4.78 is 32.1. The van der Waals surface area contributed by atoms with E-state index in [1.807, 2.05) is 0 Å². The normalized spacial score (nSPS) is 15.4. The third-order valence-corrected chi connectivity index (χ3v) is 6.56. The van der Waals surface area contributed by atoms with Gasteiger partial charge in [0.2, 0.25) is 5.91 Å². The zero-order chi connectivity index (χ0) is 28.8. The van der Waals surface area contributed by atoms with Gasteiger partial charge in [-0.05, 0) is 59.7 Å². The predicted octanol–water partition coefficient (Wildman–Crippen LogP) is 3.16. The summed E-state index contributed by atoms with van der Waals surface area (Å²) in [5.74, 6) is -3.51. The molecule has 0 radical (unpaired) electrons. The number of rotatable bonds is 9. The molecule has 208 valence electrons. The average molecular weight is 552 g/mol. The molecule has 0 bridgehead atoms. The van der Waals surface area contributed by atoms with Gasteiger partial charge in [0.25, 0.3) is 11.8 Å². The number of carboxylic acids is 1. The highest BCUT2D eigenvalue weighted by Crippen LogP contribution is 2.24. The Morgan fingerprint density at radius 3 is 2.05 bits per heavy atom. The average Bonchev–Trinajstić information content (AvgIpc) is 3.39. The summed E-state index contributed by atoms with van der Waals surface area (Å²) in [5, 5.41) is 12.1. The Morgan fingerprint density at radius 1 is 0.900 bits per heavy atom. The number of carbonyl (C=O) groups is 4. The van der Waals surface area contributed by atoms with Gasteiger partial charge in [0.15, 0.2) is 6.17 Å². The number of amides is 3. The zero-order valence-corrected chi connectivity index (χ0v) is 21.6. The number of carbonyl (C=O) groups excluding carboxylic acids is 3. The van der Waals surface area contributed by atoms with Crippen LogP contribution in [0, 0.1) is 11.6 Å². The fourth-order valence-corrected chi connectivity index (χ4v) is 4.53. The molecule has 11 heteroatoms. The van der Waals surface area contributed by atoms with Gasteiger partial charge in [-0.2, -0.15) is 0 Å². The highest BCUT2D eigenvalue weighted by molar-refractivity contribution is 5.99. The first-order valence-corrected chi connectivity index (χ1v) is 12.4. The molecule has 1 aliphatic heterocycles. The van der Waals surface area contributed by atoms with Crippen molar-refractivity contribution in [1.29, 1.82) is 0 Å². The number of aliphatic carboxylic acids is 1. The Morgan fingerprint density at radius 2 is 1.48 bits per heavy atom. The van der Waals surface area contributed by atoms with E-state index < -0.39 is 54.0 Å². The molecule has 0 spiro atoms. The maximum Gasteiger partial charge on any atom is 0.305 e. The van der Waals surface area contributed by atoms with E-state index in [4.69, 9.17) is 4.74 Å². The highest BCUT2D eigenvalue weighted by Gasteiger charge is 2.43. The molecule has 1 heterocycles. The first-order chi connectivity index (χ1) is 19.2. The van der Waals surface area contributed by atoms with Crippen LogP contribution in [0.5, 0.6) is 5.75 Å². The van der Waals surface area contributed by atoms with Gasteiger partial charge in [0.05, 0.1) is 26.0 Å². The third kappa shape index (κ3) is 6.60. The summed E-state index contributed by atoms with van der Waals surface area (Å²) in [6.07, 6.45) is -1.99. The number of hydrogen-bond acceptors (Lipinski definition) is 5. The summed E-state index contributed by atoms with van der Waals surface area (Å²) >= 11 is 0. The summed E-state index contributed by atoms with van der Waals surface area (Å²) in [7, 11) is 1.52. The number of halogens is 2. The largest absolute Gasteiger partial charge is 0.497 e. The number of methoxy groups -OCH3 is 1. The van der Waals surface area contributed by atoms with E-state index >= 15 is 0 Å². The Balaban J connectivity index is 1.63. The minimum atomic E-state index is -1.40. The molecule has 1 saturated heterocycles. The van der Waals surface area contributed by atoms with Crippen LogP contribution in [-0.2, 0) is 20.8 Å². The number of hydrogen-bond donors (Lipinski definition) is 2. The molecule has 4 rings (SSSR count). The van der Waals surface area contributed by atoms with Gasteiger partial charge in [-0.3, -0.25) is 19.2 Å². The lowest BCUT2D eigenvalue weighted by Gasteiger charge is -2.31. The second-order valence-corrected chi connectivity index (χ2v) is 9.20. The van der Waals surface area contributed by atoms with Crippen molar-refractivity contribution in [3.8, 4) is 5.75 Å². The maximum atomic E-state index is 13.7. The first kappa shape index (κ1) is 28.2. The molecule has 2 unspecified atom stereocenters. The molecule has 0 aromatic heterocycles. The molecule has 0 aliphatic carbocycles. The predicted molar refractivity (Wildman–Crippen MR) is 139 cm³/mol. The van der Waals surface area contributed by atoms with Crippen molar-refractivity contribution in [1.82, 2.24) is 15.1 Å². The van der Waals surface area contributed by atoms with Crippen LogP contribution in [0.25, 0.3) is 0 Å². The number of benzene rings is 3. The van der Waals surface area contributed by atoms with Crippen LogP contribution in [0.2, 0.25) is 0 Å². The van der Waals surface area contributed by atoms with E-state index in [0.717, 1.165) is 24.3 Å². The topological polar surface area (TPSA) is 116 Å². The van der Waals surface area contributed by atoms with Crippen LogP contribution in [0.4, 0.5) is 8.78 Å². The van der Waals surface area contributed by atoms with Gasteiger partial charge in [-0.15, -0.1) is 0 Å². The van der Waals surface area contributed by atoms with Crippen molar-refractivity contribution in [3.05, 3.63) is 101 Å². The molecular formula is C29H27F2N3O6. The van der Waals surface area contributed by atoms with Gasteiger partial charge in [0, 0.05) is 18.7 Å². The fraction of sp³-hybridized carbons (Fsp3) is 0.241. The van der Waals surface area contributed by atoms with Gasteiger partial charge in [-0.25, -0.2) is 8.78 Å². The number of nitrogens with one attached hydrogen (secondary N) is 1. The maximum absolute atomic E-state index is 13.7. The number of carboxylic acid groups (broad SMARTS) is 1. The Hall–Kier alpha value is -4.80. The van der Waals surface area contributed by atoms with Gasteiger partial charge in [0.1, 0.15) is 17.4 Å². The molecule has 2 N–H and O–H groups in total. The van der Waals surface area contributed by atoms with E-state index in [1.165, 1.54) is 41.2 Å². The van der Waals surface area contributed by atoms with E-state index in [9.17, 15) is 33.1 Å². The summed E-state index contributed by atoms with van der Waals surface area (Å²) in [6.45, 7) is 0.0585. The van der Waals surface area contributed by atoms with Crippen molar-refractivity contribution >= 4 is 23.7 Å². The Labute approximate surface area is 229 Å². The second-order valence-electron chi connectivity index (χ2n) is 9.20. The summed E-state index contributed by atoms with van der Waals surface area (Å²) in [6, 6.07) is 15.5. The SMILES string of the molecule is COc1ccc(CC(=O)N2CCN(C(=O)c3ccc(F)cc3)C2C(=O)NC(CC(=O)O)c2ccc(F)cc2)cc1. The van der Waals surface area contributed by atoms with Crippen LogP contribution < -0.4 is 10.1 Å². The van der Waals surface area contributed by atoms with Crippen molar-refractivity contribution in [3.63, 3.8) is 0 Å². The quantitative estimate of drug-likeness (QED) is 0.422. The minimum absolute atomic E-state index is 0.0167. The van der Waals surface area contributed by atoms with Gasteiger partial charge in [-0.1, -0.05) is 24.3 Å². The lowest BCUT2D eigenvalue weighted by Crippen LogP contribution is -2.54. The van der Waals surface area contributed by atoms with Crippen LogP contribution in [-0.4, -0.2) is 65.0 Å². The van der Waals surface area contributed by atoms with Crippen LogP contribution >= 0.6 is 0 Å². The van der Waals surface area contributed by atoms with E-state index in [1.54, 1.807) is 24.3 Å². The molecule has 3 amide bonds. The summed E-state index contributed by atoms with van der Waals surface area (Å²) in [5.41, 5.74) is 1.11. The van der Waals surface area contributed by atoms with E-state index in [2.05, 4.69) is 5.32 Å². The molecule has 2 atom stereocenters. The van der Waals surface area contributed by atoms with Crippen LogP contribution in [0.3, 0.4) is 0 Å². The Bertz CT molecular complexity index is 1380. The summed E-state index contributed by atoms with van der Waals surface area (Å²) in [4.78, 5) is 54.5. The molecule has 1 aliphatic rings. The zero-order valence-electron chi connectivity index (χ0n) is 21.6. The van der Waals surface area contributed by atoms with Gasteiger partial charge < -0.3 is 25.0 Å². The van der Waals surface area contributed by atoms with Crippen LogP contribution in [0.1, 0.15) is 33.9 Å². The second kappa shape index (κ2) is 12.4. The number of nitrogens with zero attached hydrogens (tertiary/aromatic N) is 2.